The summed E-state index contributed by atoms with van der Waals surface area (Å²) in [6, 6.07) is -0.0629. The van der Waals surface area contributed by atoms with Crippen molar-refractivity contribution >= 4 is 11.9 Å². The maximum Gasteiger partial charge on any atom is 0.323 e. The Morgan fingerprint density at radius 1 is 1.32 bits per heavy atom. The van der Waals surface area contributed by atoms with E-state index in [4.69, 9.17) is 16.3 Å². The number of hydrogen-bond donors (Lipinski definition) is 1. The maximum atomic E-state index is 12.4. The van der Waals surface area contributed by atoms with Gasteiger partial charge in [-0.15, -0.1) is 12.3 Å². The van der Waals surface area contributed by atoms with E-state index in [1.54, 1.807) is 0 Å². The van der Waals surface area contributed by atoms with Gasteiger partial charge in [-0.3, -0.25) is 9.59 Å². The number of terminal acetylenes is 1. The van der Waals surface area contributed by atoms with Crippen LogP contribution in [-0.2, 0) is 14.3 Å². The van der Waals surface area contributed by atoms with Gasteiger partial charge in [-0.1, -0.05) is 0 Å². The lowest BCUT2D eigenvalue weighted by Crippen LogP contribution is -2.46. The van der Waals surface area contributed by atoms with E-state index in [0.29, 0.717) is 45.3 Å². The first-order valence-corrected chi connectivity index (χ1v) is 7.53. The molecule has 0 unspecified atom stereocenters. The Morgan fingerprint density at radius 2 is 2.00 bits per heavy atom. The molecule has 2 rings (SSSR count). The molecular weight excluding hydrogens is 286 g/mol. The van der Waals surface area contributed by atoms with Crippen LogP contribution >= 0.6 is 0 Å². The Morgan fingerprint density at radius 3 is 2.55 bits per heavy atom. The van der Waals surface area contributed by atoms with Crippen LogP contribution in [0.4, 0.5) is 0 Å². The molecule has 1 fully saturated rings. The molecule has 1 saturated heterocycles. The summed E-state index contributed by atoms with van der Waals surface area (Å²) in [4.78, 5) is 24.9. The van der Waals surface area contributed by atoms with Crippen LogP contribution in [0.1, 0.15) is 38.5 Å². The van der Waals surface area contributed by atoms with Crippen LogP contribution in [0, 0.1) is 12.3 Å². The minimum atomic E-state index is -0.998. The smallest absolute Gasteiger partial charge is 0.323 e. The molecule has 0 aromatic rings. The molecule has 2 heterocycles. The van der Waals surface area contributed by atoms with Gasteiger partial charge in [-0.25, -0.2) is 0 Å². The fourth-order valence-electron chi connectivity index (χ4n) is 2.68. The fraction of sp³-hybridized carbons (Fsp3) is 0.733. The molecule has 0 saturated carbocycles. The van der Waals surface area contributed by atoms with Gasteiger partial charge in [0.2, 0.25) is 5.91 Å². The molecule has 0 aliphatic carbocycles. The molecule has 1 N–H and O–H groups in total. The summed E-state index contributed by atoms with van der Waals surface area (Å²) < 4.78 is 5.27. The third kappa shape index (κ3) is 4.53. The molecule has 2 aliphatic rings. The number of carbonyl (C=O) groups excluding carboxylic acids is 1. The highest BCUT2D eigenvalue weighted by Crippen LogP contribution is 2.37. The lowest BCUT2D eigenvalue weighted by atomic mass is 10.0. The minimum Gasteiger partial charge on any atom is -0.480 e. The highest BCUT2D eigenvalue weighted by atomic mass is 16.5. The van der Waals surface area contributed by atoms with Crippen LogP contribution in [0.5, 0.6) is 0 Å². The number of ether oxygens (including phenoxy) is 1. The standard InChI is InChI=1S/C15H21N3O4/c1-2-3-7-15(16-17-15)8-4-13(19)18(11-14(20)21)12-5-9-22-10-6-12/h1,12H,3-11H2,(H,20,21). The highest BCUT2D eigenvalue weighted by Gasteiger charge is 2.40. The maximum absolute atomic E-state index is 12.4. The zero-order valence-corrected chi connectivity index (χ0v) is 12.5. The summed E-state index contributed by atoms with van der Waals surface area (Å²) in [5.74, 6) is 1.39. The normalized spacial score (nSPS) is 19.4. The first kappa shape index (κ1) is 16.4. The van der Waals surface area contributed by atoms with Crippen molar-refractivity contribution in [2.75, 3.05) is 19.8 Å². The topological polar surface area (TPSA) is 91.6 Å². The molecule has 7 nitrogen and oxygen atoms in total. The van der Waals surface area contributed by atoms with Crippen molar-refractivity contribution in [2.45, 2.75) is 50.2 Å². The van der Waals surface area contributed by atoms with Crippen LogP contribution in [0.2, 0.25) is 0 Å². The first-order valence-electron chi connectivity index (χ1n) is 7.53. The van der Waals surface area contributed by atoms with Crippen molar-refractivity contribution < 1.29 is 19.4 Å². The van der Waals surface area contributed by atoms with Gasteiger partial charge in [0.15, 0.2) is 5.66 Å². The molecule has 120 valence electrons. The van der Waals surface area contributed by atoms with Crippen LogP contribution in [0.3, 0.4) is 0 Å². The number of carbonyl (C=O) groups is 2. The summed E-state index contributed by atoms with van der Waals surface area (Å²) in [5.41, 5.74) is -0.507. The average molecular weight is 307 g/mol. The van der Waals surface area contributed by atoms with Crippen molar-refractivity contribution in [1.29, 1.82) is 0 Å². The van der Waals surface area contributed by atoms with Gasteiger partial charge in [0.25, 0.3) is 0 Å². The van der Waals surface area contributed by atoms with Crippen molar-refractivity contribution in [3.63, 3.8) is 0 Å². The molecule has 22 heavy (non-hydrogen) atoms. The minimum absolute atomic E-state index is 0.0629. The summed E-state index contributed by atoms with van der Waals surface area (Å²) in [7, 11) is 0. The predicted octanol–water partition coefficient (Wildman–Crippen LogP) is 1.43. The first-order chi connectivity index (χ1) is 10.6. The SMILES string of the molecule is C#CCCC1(CCC(=O)N(CC(=O)O)C2CCOCC2)N=N1. The summed E-state index contributed by atoms with van der Waals surface area (Å²) >= 11 is 0. The molecule has 0 radical (unpaired) electrons. The average Bonchev–Trinajstić information content (AvgIpc) is 3.29. The van der Waals surface area contributed by atoms with E-state index >= 15 is 0 Å². The molecular formula is C15H21N3O4. The highest BCUT2D eigenvalue weighted by molar-refractivity contribution is 5.81. The summed E-state index contributed by atoms with van der Waals surface area (Å²) in [6.07, 6.45) is 8.53. The van der Waals surface area contributed by atoms with Crippen LogP contribution in [0.25, 0.3) is 0 Å². The number of hydrogen-bond acceptors (Lipinski definition) is 5. The molecule has 0 spiro atoms. The largest absolute Gasteiger partial charge is 0.480 e. The molecule has 1 amide bonds. The Balaban J connectivity index is 1.88. The van der Waals surface area contributed by atoms with Crippen LogP contribution in [0.15, 0.2) is 10.2 Å². The number of carboxylic acid groups (broad SMARTS) is 1. The number of carboxylic acids is 1. The van der Waals surface area contributed by atoms with E-state index in [-0.39, 0.29) is 24.9 Å². The van der Waals surface area contributed by atoms with Gasteiger partial charge < -0.3 is 14.7 Å². The van der Waals surface area contributed by atoms with E-state index in [9.17, 15) is 9.59 Å². The van der Waals surface area contributed by atoms with E-state index in [1.165, 1.54) is 4.90 Å². The van der Waals surface area contributed by atoms with Crippen molar-refractivity contribution in [3.05, 3.63) is 0 Å². The lowest BCUT2D eigenvalue weighted by molar-refractivity contribution is -0.147. The van der Waals surface area contributed by atoms with E-state index in [1.807, 2.05) is 0 Å². The second kappa shape index (κ2) is 7.36. The van der Waals surface area contributed by atoms with Crippen molar-refractivity contribution in [3.8, 4) is 12.3 Å². The second-order valence-electron chi connectivity index (χ2n) is 5.65. The Bertz CT molecular complexity index is 486. The predicted molar refractivity (Wildman–Crippen MR) is 78.1 cm³/mol. The van der Waals surface area contributed by atoms with Gasteiger partial charge in [0, 0.05) is 44.9 Å². The van der Waals surface area contributed by atoms with Crippen LogP contribution in [-0.4, -0.2) is 53.3 Å². The number of rotatable bonds is 8. The molecule has 2 aliphatic heterocycles. The third-order valence-corrected chi connectivity index (χ3v) is 4.05. The zero-order chi connectivity index (χ0) is 16.0. The van der Waals surface area contributed by atoms with Crippen molar-refractivity contribution in [1.82, 2.24) is 4.90 Å². The third-order valence-electron chi connectivity index (χ3n) is 4.05. The van der Waals surface area contributed by atoms with E-state index < -0.39 is 11.6 Å². The number of nitrogens with zero attached hydrogens (tertiary/aromatic N) is 3. The second-order valence-corrected chi connectivity index (χ2v) is 5.65. The number of amides is 1. The number of aliphatic carboxylic acids is 1. The van der Waals surface area contributed by atoms with Gasteiger partial charge in [-0.2, -0.15) is 10.2 Å². The monoisotopic (exact) mass is 307 g/mol. The van der Waals surface area contributed by atoms with E-state index in [2.05, 4.69) is 16.1 Å². The van der Waals surface area contributed by atoms with Crippen molar-refractivity contribution in [2.24, 2.45) is 10.2 Å². The van der Waals surface area contributed by atoms with Gasteiger partial charge in [0.05, 0.1) is 0 Å². The molecule has 0 bridgehead atoms. The Hall–Kier alpha value is -1.94. The zero-order valence-electron chi connectivity index (χ0n) is 12.5. The molecule has 0 aromatic carbocycles. The van der Waals surface area contributed by atoms with Gasteiger partial charge in [0.1, 0.15) is 6.54 Å². The lowest BCUT2D eigenvalue weighted by Gasteiger charge is -2.33. The van der Waals surface area contributed by atoms with E-state index in [0.717, 1.165) is 0 Å². The van der Waals surface area contributed by atoms with Gasteiger partial charge >= 0.3 is 5.97 Å². The summed E-state index contributed by atoms with van der Waals surface area (Å²) in [6.45, 7) is 0.852. The molecule has 0 atom stereocenters. The van der Waals surface area contributed by atoms with Gasteiger partial charge in [-0.05, 0) is 12.8 Å². The Labute approximate surface area is 129 Å². The molecule has 0 aromatic heterocycles. The quantitative estimate of drug-likeness (QED) is 0.687. The summed E-state index contributed by atoms with van der Waals surface area (Å²) in [5, 5.41) is 17.0. The van der Waals surface area contributed by atoms with Crippen LogP contribution < -0.4 is 0 Å². The molecule has 7 heteroatoms. The Kier molecular flexibility index (Phi) is 5.50. The fourth-order valence-corrected chi connectivity index (χ4v) is 2.68.